The van der Waals surface area contributed by atoms with Crippen molar-refractivity contribution in [2.24, 2.45) is 5.92 Å². The maximum Gasteiger partial charge on any atom is 0.291 e. The van der Waals surface area contributed by atoms with Gasteiger partial charge in [-0.05, 0) is 12.8 Å². The molecular weight excluding hydrogens is 274 g/mol. The van der Waals surface area contributed by atoms with Crippen LogP contribution in [0.25, 0.3) is 0 Å². The summed E-state index contributed by atoms with van der Waals surface area (Å²) >= 11 is 0. The summed E-state index contributed by atoms with van der Waals surface area (Å²) in [5.41, 5.74) is 0. The van der Waals surface area contributed by atoms with Crippen molar-refractivity contribution in [3.05, 3.63) is 0 Å². The molecule has 3 amide bonds. The van der Waals surface area contributed by atoms with Crippen molar-refractivity contribution >= 4 is 23.5 Å². The number of rotatable bonds is 3. The fourth-order valence-electron chi connectivity index (χ4n) is 3.29. The summed E-state index contributed by atoms with van der Waals surface area (Å²) in [6.45, 7) is 0. The van der Waals surface area contributed by atoms with Crippen molar-refractivity contribution in [2.75, 3.05) is 14.1 Å². The first-order valence-corrected chi connectivity index (χ1v) is 7.32. The van der Waals surface area contributed by atoms with Gasteiger partial charge in [0.15, 0.2) is 0 Å². The number of likely N-dealkylation sites (tertiary alicyclic amines) is 1. The Kier molecular flexibility index (Phi) is 4.59. The highest BCUT2D eigenvalue weighted by atomic mass is 16.2. The number of hydrogen-bond donors (Lipinski definition) is 2. The van der Waals surface area contributed by atoms with Gasteiger partial charge in [0.1, 0.15) is 12.0 Å². The molecule has 1 saturated heterocycles. The monoisotopic (exact) mass is 295 g/mol. The minimum atomic E-state index is -1.25. The number of hydrogen-bond acceptors (Lipinski definition) is 4. The number of nitrogens with zero attached hydrogens (tertiary/aromatic N) is 1. The molecule has 0 unspecified atom stereocenters. The van der Waals surface area contributed by atoms with Crippen LogP contribution in [0.2, 0.25) is 0 Å². The van der Waals surface area contributed by atoms with Gasteiger partial charge in [-0.15, -0.1) is 0 Å². The Balaban J connectivity index is 2.36. The first-order valence-electron chi connectivity index (χ1n) is 7.32. The summed E-state index contributed by atoms with van der Waals surface area (Å²) in [7, 11) is 2.83. The molecule has 0 aromatic heterocycles. The summed E-state index contributed by atoms with van der Waals surface area (Å²) in [6.07, 6.45) is 4.57. The molecule has 0 aromatic rings. The molecule has 0 aromatic carbocycles. The maximum absolute atomic E-state index is 12.3. The van der Waals surface area contributed by atoms with Crippen LogP contribution in [0, 0.1) is 5.92 Å². The molecule has 7 heteroatoms. The highest BCUT2D eigenvalue weighted by Gasteiger charge is 2.55. The summed E-state index contributed by atoms with van der Waals surface area (Å²) in [4.78, 5) is 49.9. The quantitative estimate of drug-likeness (QED) is 0.527. The van der Waals surface area contributed by atoms with Crippen LogP contribution in [0.1, 0.15) is 32.1 Å². The molecule has 1 aliphatic carbocycles. The Morgan fingerprint density at radius 3 is 2.10 bits per heavy atom. The van der Waals surface area contributed by atoms with Crippen LogP contribution < -0.4 is 10.6 Å². The van der Waals surface area contributed by atoms with Crippen LogP contribution in [-0.2, 0) is 19.2 Å². The lowest BCUT2D eigenvalue weighted by molar-refractivity contribution is -0.144. The lowest BCUT2D eigenvalue weighted by atomic mass is 9.92. The SMILES string of the molecule is CNC(=O)[C@H]1C(=O)C(=O)N(C2CCCCC2)[C@@H]1C(=O)NC. The summed E-state index contributed by atoms with van der Waals surface area (Å²) in [6, 6.07) is -1.16. The first-order chi connectivity index (χ1) is 10.0. The number of nitrogens with one attached hydrogen (secondary N) is 2. The van der Waals surface area contributed by atoms with Gasteiger partial charge in [0.2, 0.25) is 17.6 Å². The van der Waals surface area contributed by atoms with Crippen LogP contribution in [0.5, 0.6) is 0 Å². The van der Waals surface area contributed by atoms with Gasteiger partial charge in [-0.1, -0.05) is 19.3 Å². The summed E-state index contributed by atoms with van der Waals surface area (Å²) in [5.74, 6) is -3.78. The van der Waals surface area contributed by atoms with Crippen LogP contribution in [0.3, 0.4) is 0 Å². The second kappa shape index (κ2) is 6.24. The van der Waals surface area contributed by atoms with Crippen LogP contribution in [-0.4, -0.2) is 54.6 Å². The van der Waals surface area contributed by atoms with Gasteiger partial charge in [-0.2, -0.15) is 0 Å². The van der Waals surface area contributed by atoms with E-state index in [0.29, 0.717) is 0 Å². The number of carbonyl (C=O) groups is 4. The molecule has 2 N–H and O–H groups in total. The van der Waals surface area contributed by atoms with E-state index in [0.717, 1.165) is 32.1 Å². The molecule has 2 atom stereocenters. The Labute approximate surface area is 123 Å². The zero-order valence-corrected chi connectivity index (χ0v) is 12.3. The zero-order chi connectivity index (χ0) is 15.6. The van der Waals surface area contributed by atoms with Crippen molar-refractivity contribution in [3.8, 4) is 0 Å². The van der Waals surface area contributed by atoms with Gasteiger partial charge in [0, 0.05) is 20.1 Å². The average molecular weight is 295 g/mol. The summed E-state index contributed by atoms with van der Waals surface area (Å²) in [5, 5.41) is 4.83. The van der Waals surface area contributed by atoms with Crippen LogP contribution in [0.4, 0.5) is 0 Å². The predicted octanol–water partition coefficient (Wildman–Crippen LogP) is -0.793. The second-order valence-electron chi connectivity index (χ2n) is 5.52. The van der Waals surface area contributed by atoms with Crippen LogP contribution in [0.15, 0.2) is 0 Å². The molecule has 1 aliphatic heterocycles. The van der Waals surface area contributed by atoms with Crippen molar-refractivity contribution < 1.29 is 19.2 Å². The average Bonchev–Trinajstić information content (AvgIpc) is 2.78. The zero-order valence-electron chi connectivity index (χ0n) is 12.3. The molecule has 7 nitrogen and oxygen atoms in total. The molecule has 21 heavy (non-hydrogen) atoms. The van der Waals surface area contributed by atoms with E-state index in [1.807, 2.05) is 0 Å². The summed E-state index contributed by atoms with van der Waals surface area (Å²) < 4.78 is 0. The highest BCUT2D eigenvalue weighted by molar-refractivity contribution is 6.44. The van der Waals surface area contributed by atoms with Crippen molar-refractivity contribution in [3.63, 3.8) is 0 Å². The Hall–Kier alpha value is -1.92. The van der Waals surface area contributed by atoms with Gasteiger partial charge in [0.25, 0.3) is 5.91 Å². The number of ketones is 1. The standard InChI is InChI=1S/C14H21N3O4/c1-15-12(19)9-10(13(20)16-2)17(14(21)11(9)18)8-6-4-3-5-7-8/h8-10H,3-7H2,1-2H3,(H,15,19)(H,16,20)/t9-,10+/m1/s1. The van der Waals surface area contributed by atoms with E-state index >= 15 is 0 Å². The third-order valence-electron chi connectivity index (χ3n) is 4.36. The third-order valence-corrected chi connectivity index (χ3v) is 4.36. The first kappa shape index (κ1) is 15.5. The number of Topliss-reactive ketones (excluding diaryl/α,β-unsaturated/α-hetero) is 1. The minimum Gasteiger partial charge on any atom is -0.358 e. The lowest BCUT2D eigenvalue weighted by Gasteiger charge is -2.35. The van der Waals surface area contributed by atoms with Crippen LogP contribution >= 0.6 is 0 Å². The van der Waals surface area contributed by atoms with E-state index in [1.54, 1.807) is 0 Å². The number of carbonyl (C=O) groups excluding carboxylic acids is 4. The molecule has 2 fully saturated rings. The van der Waals surface area contributed by atoms with E-state index in [9.17, 15) is 19.2 Å². The predicted molar refractivity (Wildman–Crippen MR) is 74.1 cm³/mol. The van der Waals surface area contributed by atoms with E-state index in [4.69, 9.17) is 0 Å². The van der Waals surface area contributed by atoms with Gasteiger partial charge >= 0.3 is 0 Å². The fraction of sp³-hybridized carbons (Fsp3) is 0.714. The molecule has 116 valence electrons. The van der Waals surface area contributed by atoms with E-state index in [-0.39, 0.29) is 6.04 Å². The normalized spacial score (nSPS) is 26.9. The van der Waals surface area contributed by atoms with E-state index in [1.165, 1.54) is 19.0 Å². The van der Waals surface area contributed by atoms with Gasteiger partial charge in [-0.3, -0.25) is 19.2 Å². The number of likely N-dealkylation sites (N-methyl/N-ethyl adjacent to an activating group) is 1. The number of amides is 3. The lowest BCUT2D eigenvalue weighted by Crippen LogP contribution is -2.53. The van der Waals surface area contributed by atoms with Crippen molar-refractivity contribution in [1.82, 2.24) is 15.5 Å². The molecule has 2 rings (SSSR count). The van der Waals surface area contributed by atoms with E-state index < -0.39 is 35.5 Å². The van der Waals surface area contributed by atoms with Crippen molar-refractivity contribution in [1.29, 1.82) is 0 Å². The van der Waals surface area contributed by atoms with Gasteiger partial charge in [0.05, 0.1) is 0 Å². The third kappa shape index (κ3) is 2.64. The Bertz CT molecular complexity index is 471. The second-order valence-corrected chi connectivity index (χ2v) is 5.52. The molecule has 2 aliphatic rings. The maximum atomic E-state index is 12.3. The molecule has 0 spiro atoms. The minimum absolute atomic E-state index is 0.132. The fourth-order valence-corrected chi connectivity index (χ4v) is 3.29. The molecule has 0 radical (unpaired) electrons. The Morgan fingerprint density at radius 2 is 1.57 bits per heavy atom. The van der Waals surface area contributed by atoms with Gasteiger partial charge in [-0.25, -0.2) is 0 Å². The molecule has 1 heterocycles. The topological polar surface area (TPSA) is 95.6 Å². The highest BCUT2D eigenvalue weighted by Crippen LogP contribution is 2.32. The largest absolute Gasteiger partial charge is 0.358 e. The van der Waals surface area contributed by atoms with Gasteiger partial charge < -0.3 is 15.5 Å². The Morgan fingerprint density at radius 1 is 1.00 bits per heavy atom. The van der Waals surface area contributed by atoms with E-state index in [2.05, 4.69) is 10.6 Å². The molecule has 0 bridgehead atoms. The van der Waals surface area contributed by atoms with Crippen molar-refractivity contribution in [2.45, 2.75) is 44.2 Å². The molecule has 1 saturated carbocycles. The molecular formula is C14H21N3O4. The smallest absolute Gasteiger partial charge is 0.291 e.